The predicted octanol–water partition coefficient (Wildman–Crippen LogP) is 3.03. The second-order valence-electron chi connectivity index (χ2n) is 4.07. The Labute approximate surface area is 119 Å². The van der Waals surface area contributed by atoms with Crippen molar-refractivity contribution in [3.05, 3.63) is 28.2 Å². The number of methoxy groups -OCH3 is 1. The van der Waals surface area contributed by atoms with Crippen LogP contribution in [-0.2, 0) is 11.2 Å². The number of rotatable bonds is 8. The fraction of sp³-hybridized carbons (Fsp3) is 0.538. The predicted molar refractivity (Wildman–Crippen MR) is 71.8 cm³/mol. The molecule has 1 unspecified atom stereocenters. The lowest BCUT2D eigenvalue weighted by Crippen LogP contribution is -2.15. The van der Waals surface area contributed by atoms with Crippen LogP contribution in [0, 0.1) is 0 Å². The van der Waals surface area contributed by atoms with E-state index in [0.29, 0.717) is 18.6 Å². The molecular weight excluding hydrogens is 322 g/mol. The van der Waals surface area contributed by atoms with Crippen LogP contribution in [0.1, 0.15) is 12.0 Å². The summed E-state index contributed by atoms with van der Waals surface area (Å²) in [7, 11) is 1.56. The Hall–Kier alpha value is -0.720. The summed E-state index contributed by atoms with van der Waals surface area (Å²) in [6.07, 6.45) is -2.42. The minimum absolute atomic E-state index is 0.113. The Morgan fingerprint density at radius 1 is 1.37 bits per heavy atom. The number of halogens is 3. The van der Waals surface area contributed by atoms with Crippen molar-refractivity contribution >= 4 is 15.9 Å². The molecule has 6 heteroatoms. The number of hydrogen-bond acceptors (Lipinski definition) is 3. The van der Waals surface area contributed by atoms with Gasteiger partial charge >= 0.3 is 0 Å². The van der Waals surface area contributed by atoms with Crippen molar-refractivity contribution in [1.82, 2.24) is 0 Å². The number of aliphatic hydroxyl groups excluding tert-OH is 1. The van der Waals surface area contributed by atoms with Crippen LogP contribution in [0.4, 0.5) is 8.78 Å². The van der Waals surface area contributed by atoms with Gasteiger partial charge in [-0.3, -0.25) is 0 Å². The van der Waals surface area contributed by atoms with Crippen LogP contribution in [0.5, 0.6) is 5.75 Å². The molecule has 19 heavy (non-hydrogen) atoms. The van der Waals surface area contributed by atoms with Gasteiger partial charge in [0.2, 0.25) is 0 Å². The van der Waals surface area contributed by atoms with Crippen LogP contribution < -0.4 is 4.74 Å². The van der Waals surface area contributed by atoms with Crippen molar-refractivity contribution in [2.24, 2.45) is 0 Å². The Kier molecular flexibility index (Phi) is 7.27. The fourth-order valence-corrected chi connectivity index (χ4v) is 2.06. The summed E-state index contributed by atoms with van der Waals surface area (Å²) >= 11 is 3.35. The largest absolute Gasteiger partial charge is 0.496 e. The van der Waals surface area contributed by atoms with Gasteiger partial charge in [-0.2, -0.15) is 0 Å². The summed E-state index contributed by atoms with van der Waals surface area (Å²) in [5, 5.41) is 9.84. The van der Waals surface area contributed by atoms with E-state index in [-0.39, 0.29) is 6.61 Å². The standard InChI is InChI=1S/C13H17BrF2O3/c1-18-12-3-2-10(14)6-9(12)7-11(17)4-5-19-8-13(15)16/h2-3,6,11,13,17H,4-5,7-8H2,1H3. The van der Waals surface area contributed by atoms with Crippen molar-refractivity contribution < 1.29 is 23.4 Å². The molecule has 0 aliphatic heterocycles. The van der Waals surface area contributed by atoms with E-state index in [4.69, 9.17) is 9.47 Å². The van der Waals surface area contributed by atoms with Crippen LogP contribution in [0.15, 0.2) is 22.7 Å². The van der Waals surface area contributed by atoms with Crippen molar-refractivity contribution in [2.75, 3.05) is 20.3 Å². The lowest BCUT2D eigenvalue weighted by molar-refractivity contribution is 0.00508. The van der Waals surface area contributed by atoms with Gasteiger partial charge < -0.3 is 14.6 Å². The average Bonchev–Trinajstić information content (AvgIpc) is 2.35. The van der Waals surface area contributed by atoms with Crippen LogP contribution in [0.2, 0.25) is 0 Å². The maximum atomic E-state index is 11.8. The van der Waals surface area contributed by atoms with E-state index in [0.717, 1.165) is 10.0 Å². The van der Waals surface area contributed by atoms with Gasteiger partial charge in [-0.1, -0.05) is 15.9 Å². The van der Waals surface area contributed by atoms with Gasteiger partial charge in [0, 0.05) is 17.5 Å². The van der Waals surface area contributed by atoms with E-state index < -0.39 is 19.1 Å². The molecule has 0 radical (unpaired) electrons. The molecule has 108 valence electrons. The summed E-state index contributed by atoms with van der Waals surface area (Å²) in [5.41, 5.74) is 0.859. The monoisotopic (exact) mass is 338 g/mol. The molecule has 1 N–H and O–H groups in total. The first kappa shape index (κ1) is 16.3. The Bertz CT molecular complexity index is 388. The number of benzene rings is 1. The third-order valence-electron chi connectivity index (χ3n) is 2.54. The third-order valence-corrected chi connectivity index (χ3v) is 3.03. The molecule has 0 bridgehead atoms. The molecule has 0 aromatic heterocycles. The second kappa shape index (κ2) is 8.45. The Balaban J connectivity index is 2.43. The molecule has 0 heterocycles. The zero-order valence-electron chi connectivity index (χ0n) is 10.6. The molecule has 1 atom stereocenters. The van der Waals surface area contributed by atoms with Crippen LogP contribution >= 0.6 is 15.9 Å². The first-order valence-corrected chi connectivity index (χ1v) is 6.68. The lowest BCUT2D eigenvalue weighted by Gasteiger charge is -2.14. The summed E-state index contributed by atoms with van der Waals surface area (Å²) in [5.74, 6) is 0.691. The van der Waals surface area contributed by atoms with E-state index in [2.05, 4.69) is 15.9 Å². The lowest BCUT2D eigenvalue weighted by atomic mass is 10.1. The van der Waals surface area contributed by atoms with Crippen molar-refractivity contribution in [3.8, 4) is 5.75 Å². The molecule has 0 saturated carbocycles. The Morgan fingerprint density at radius 3 is 2.74 bits per heavy atom. The number of alkyl halides is 2. The van der Waals surface area contributed by atoms with Crippen LogP contribution in [0.3, 0.4) is 0 Å². The molecule has 0 aliphatic carbocycles. The second-order valence-corrected chi connectivity index (χ2v) is 4.98. The van der Waals surface area contributed by atoms with Gasteiger partial charge in [0.05, 0.1) is 13.2 Å². The van der Waals surface area contributed by atoms with Gasteiger partial charge in [0.15, 0.2) is 0 Å². The maximum Gasteiger partial charge on any atom is 0.261 e. The molecule has 0 amide bonds. The quantitative estimate of drug-likeness (QED) is 0.740. The van der Waals surface area contributed by atoms with E-state index in [1.807, 2.05) is 12.1 Å². The highest BCUT2D eigenvalue weighted by atomic mass is 79.9. The van der Waals surface area contributed by atoms with Gasteiger partial charge in [0.25, 0.3) is 6.43 Å². The smallest absolute Gasteiger partial charge is 0.261 e. The average molecular weight is 339 g/mol. The van der Waals surface area contributed by atoms with Gasteiger partial charge in [-0.05, 0) is 30.2 Å². The molecule has 0 fully saturated rings. The molecule has 0 saturated heterocycles. The molecule has 0 aliphatic rings. The van der Waals surface area contributed by atoms with Gasteiger partial charge in [0.1, 0.15) is 12.4 Å². The molecular formula is C13H17BrF2O3. The fourth-order valence-electron chi connectivity index (χ4n) is 1.65. The summed E-state index contributed by atoms with van der Waals surface area (Å²) in [6.45, 7) is -0.477. The maximum absolute atomic E-state index is 11.8. The summed E-state index contributed by atoms with van der Waals surface area (Å²) < 4.78 is 34.5. The van der Waals surface area contributed by atoms with Crippen LogP contribution in [-0.4, -0.2) is 38.0 Å². The van der Waals surface area contributed by atoms with Crippen molar-refractivity contribution in [3.63, 3.8) is 0 Å². The third kappa shape index (κ3) is 6.31. The minimum atomic E-state index is -2.47. The highest BCUT2D eigenvalue weighted by Crippen LogP contribution is 2.24. The van der Waals surface area contributed by atoms with Crippen molar-refractivity contribution in [1.29, 1.82) is 0 Å². The highest BCUT2D eigenvalue weighted by molar-refractivity contribution is 9.10. The summed E-state index contributed by atoms with van der Waals surface area (Å²) in [4.78, 5) is 0. The van der Waals surface area contributed by atoms with E-state index in [1.165, 1.54) is 0 Å². The zero-order valence-corrected chi connectivity index (χ0v) is 12.2. The van der Waals surface area contributed by atoms with Crippen LogP contribution in [0.25, 0.3) is 0 Å². The van der Waals surface area contributed by atoms with E-state index >= 15 is 0 Å². The van der Waals surface area contributed by atoms with E-state index in [1.54, 1.807) is 13.2 Å². The first-order chi connectivity index (χ1) is 9.02. The highest BCUT2D eigenvalue weighted by Gasteiger charge is 2.11. The normalized spacial score (nSPS) is 12.7. The molecule has 1 rings (SSSR count). The minimum Gasteiger partial charge on any atom is -0.496 e. The Morgan fingerprint density at radius 2 is 2.11 bits per heavy atom. The van der Waals surface area contributed by atoms with Gasteiger partial charge in [-0.25, -0.2) is 8.78 Å². The number of ether oxygens (including phenoxy) is 2. The molecule has 0 spiro atoms. The molecule has 1 aromatic carbocycles. The van der Waals surface area contributed by atoms with E-state index in [9.17, 15) is 13.9 Å². The summed E-state index contributed by atoms with van der Waals surface area (Å²) in [6, 6.07) is 5.52. The number of hydrogen-bond donors (Lipinski definition) is 1. The SMILES string of the molecule is COc1ccc(Br)cc1CC(O)CCOCC(F)F. The van der Waals surface area contributed by atoms with Gasteiger partial charge in [-0.15, -0.1) is 0 Å². The zero-order chi connectivity index (χ0) is 14.3. The molecule has 1 aromatic rings. The first-order valence-electron chi connectivity index (χ1n) is 5.89. The number of aliphatic hydroxyl groups is 1. The molecule has 3 nitrogen and oxygen atoms in total. The topological polar surface area (TPSA) is 38.7 Å². The van der Waals surface area contributed by atoms with Crippen molar-refractivity contribution in [2.45, 2.75) is 25.4 Å².